The quantitative estimate of drug-likeness (QED) is 0.854. The Labute approximate surface area is 137 Å². The van der Waals surface area contributed by atoms with Gasteiger partial charge < -0.3 is 9.64 Å². The third kappa shape index (κ3) is 4.13. The van der Waals surface area contributed by atoms with Crippen LogP contribution in [0.15, 0.2) is 54.6 Å². The Morgan fingerprint density at radius 1 is 1.09 bits per heavy atom. The first-order chi connectivity index (χ1) is 11.2. The first-order valence-corrected chi connectivity index (χ1v) is 8.28. The first kappa shape index (κ1) is 15.6. The molecular formula is C20H23NO2. The van der Waals surface area contributed by atoms with E-state index in [0.717, 1.165) is 30.8 Å². The summed E-state index contributed by atoms with van der Waals surface area (Å²) in [6, 6.07) is 18.1. The maximum Gasteiger partial charge on any atom is 0.260 e. The molecule has 3 heteroatoms. The number of nitrogens with zero attached hydrogens (tertiary/aromatic N) is 1. The largest absolute Gasteiger partial charge is 0.484 e. The van der Waals surface area contributed by atoms with Crippen LogP contribution in [0, 0.1) is 5.92 Å². The second kappa shape index (κ2) is 7.32. The molecule has 1 aliphatic heterocycles. The molecule has 1 fully saturated rings. The van der Waals surface area contributed by atoms with Crippen molar-refractivity contribution in [1.82, 2.24) is 4.90 Å². The Bertz CT molecular complexity index is 636. The van der Waals surface area contributed by atoms with Crippen molar-refractivity contribution in [3.63, 3.8) is 0 Å². The predicted molar refractivity (Wildman–Crippen MR) is 92.4 cm³/mol. The first-order valence-electron chi connectivity index (χ1n) is 8.28. The van der Waals surface area contributed by atoms with Crippen molar-refractivity contribution in [3.8, 4) is 16.9 Å². The van der Waals surface area contributed by atoms with E-state index in [1.807, 2.05) is 47.4 Å². The number of rotatable bonds is 4. The summed E-state index contributed by atoms with van der Waals surface area (Å²) < 4.78 is 5.66. The van der Waals surface area contributed by atoms with Gasteiger partial charge in [0.05, 0.1) is 0 Å². The molecule has 0 spiro atoms. The number of amides is 1. The van der Waals surface area contributed by atoms with Crippen LogP contribution in [0.4, 0.5) is 0 Å². The SMILES string of the molecule is C[C@@H]1CCCN(C(=O)COc2ccc(-c3ccccc3)cc2)C1. The van der Waals surface area contributed by atoms with Crippen LogP contribution in [0.3, 0.4) is 0 Å². The highest BCUT2D eigenvalue weighted by Gasteiger charge is 2.21. The molecule has 120 valence electrons. The minimum absolute atomic E-state index is 0.0867. The lowest BCUT2D eigenvalue weighted by molar-refractivity contribution is -0.135. The van der Waals surface area contributed by atoms with E-state index in [4.69, 9.17) is 4.74 Å². The van der Waals surface area contributed by atoms with Gasteiger partial charge in [0.1, 0.15) is 5.75 Å². The second-order valence-corrected chi connectivity index (χ2v) is 6.27. The number of carbonyl (C=O) groups is 1. The molecule has 2 aromatic carbocycles. The monoisotopic (exact) mass is 309 g/mol. The Morgan fingerprint density at radius 3 is 2.48 bits per heavy atom. The van der Waals surface area contributed by atoms with Gasteiger partial charge in [0.25, 0.3) is 5.91 Å². The van der Waals surface area contributed by atoms with Gasteiger partial charge in [-0.3, -0.25) is 4.79 Å². The van der Waals surface area contributed by atoms with Crippen LogP contribution >= 0.6 is 0 Å². The molecule has 0 radical (unpaired) electrons. The van der Waals surface area contributed by atoms with E-state index in [0.29, 0.717) is 5.92 Å². The summed E-state index contributed by atoms with van der Waals surface area (Å²) in [5, 5.41) is 0. The Kier molecular flexibility index (Phi) is 4.96. The molecule has 1 saturated heterocycles. The van der Waals surface area contributed by atoms with E-state index in [1.165, 1.54) is 12.0 Å². The van der Waals surface area contributed by atoms with Crippen LogP contribution in [0.25, 0.3) is 11.1 Å². The standard InChI is InChI=1S/C20H23NO2/c1-16-6-5-13-21(14-16)20(22)15-23-19-11-9-18(10-12-19)17-7-3-2-4-8-17/h2-4,7-12,16H,5-6,13-15H2,1H3/t16-/m1/s1. The molecule has 1 heterocycles. The van der Waals surface area contributed by atoms with E-state index >= 15 is 0 Å². The molecule has 1 aliphatic rings. The summed E-state index contributed by atoms with van der Waals surface area (Å²) in [6.07, 6.45) is 2.31. The van der Waals surface area contributed by atoms with Crippen molar-refractivity contribution < 1.29 is 9.53 Å². The summed E-state index contributed by atoms with van der Waals surface area (Å²) in [5.41, 5.74) is 2.33. The molecule has 23 heavy (non-hydrogen) atoms. The van der Waals surface area contributed by atoms with Crippen molar-refractivity contribution in [2.24, 2.45) is 5.92 Å². The Morgan fingerprint density at radius 2 is 1.78 bits per heavy atom. The van der Waals surface area contributed by atoms with Gasteiger partial charge in [-0.2, -0.15) is 0 Å². The number of ether oxygens (including phenoxy) is 1. The minimum atomic E-state index is 0.0867. The van der Waals surface area contributed by atoms with Gasteiger partial charge in [-0.05, 0) is 42.0 Å². The van der Waals surface area contributed by atoms with Gasteiger partial charge in [0, 0.05) is 13.1 Å². The molecule has 0 N–H and O–H groups in total. The minimum Gasteiger partial charge on any atom is -0.484 e. The molecule has 3 rings (SSSR count). The van der Waals surface area contributed by atoms with E-state index in [-0.39, 0.29) is 12.5 Å². The van der Waals surface area contributed by atoms with Crippen LogP contribution < -0.4 is 4.74 Å². The zero-order valence-corrected chi connectivity index (χ0v) is 13.6. The van der Waals surface area contributed by atoms with Gasteiger partial charge in [0.15, 0.2) is 6.61 Å². The van der Waals surface area contributed by atoms with Crippen LogP contribution in [-0.2, 0) is 4.79 Å². The molecular weight excluding hydrogens is 286 g/mol. The van der Waals surface area contributed by atoms with Crippen LogP contribution in [0.2, 0.25) is 0 Å². The number of piperidine rings is 1. The maximum atomic E-state index is 12.2. The van der Waals surface area contributed by atoms with Crippen molar-refractivity contribution in [2.45, 2.75) is 19.8 Å². The number of benzene rings is 2. The lowest BCUT2D eigenvalue weighted by Crippen LogP contribution is -2.41. The second-order valence-electron chi connectivity index (χ2n) is 6.27. The molecule has 0 saturated carbocycles. The molecule has 0 bridgehead atoms. The topological polar surface area (TPSA) is 29.5 Å². The summed E-state index contributed by atoms with van der Waals surface area (Å²) in [6.45, 7) is 4.04. The van der Waals surface area contributed by atoms with E-state index in [2.05, 4.69) is 19.1 Å². The molecule has 0 aliphatic carbocycles. The molecule has 1 atom stereocenters. The average molecular weight is 309 g/mol. The highest BCUT2D eigenvalue weighted by Crippen LogP contribution is 2.22. The summed E-state index contributed by atoms with van der Waals surface area (Å²) >= 11 is 0. The molecule has 1 amide bonds. The number of carbonyl (C=O) groups excluding carboxylic acids is 1. The van der Waals surface area contributed by atoms with Gasteiger partial charge in [-0.15, -0.1) is 0 Å². The molecule has 0 unspecified atom stereocenters. The summed E-state index contributed by atoms with van der Waals surface area (Å²) in [7, 11) is 0. The van der Waals surface area contributed by atoms with E-state index < -0.39 is 0 Å². The number of hydrogen-bond donors (Lipinski definition) is 0. The lowest BCUT2D eigenvalue weighted by atomic mass is 10.0. The normalized spacial score (nSPS) is 17.8. The van der Waals surface area contributed by atoms with Gasteiger partial charge in [-0.1, -0.05) is 49.4 Å². The van der Waals surface area contributed by atoms with E-state index in [9.17, 15) is 4.79 Å². The zero-order chi connectivity index (χ0) is 16.1. The molecule has 0 aromatic heterocycles. The fraction of sp³-hybridized carbons (Fsp3) is 0.350. The van der Waals surface area contributed by atoms with Crippen LogP contribution in [0.1, 0.15) is 19.8 Å². The number of likely N-dealkylation sites (tertiary alicyclic amines) is 1. The van der Waals surface area contributed by atoms with Crippen LogP contribution in [-0.4, -0.2) is 30.5 Å². The number of hydrogen-bond acceptors (Lipinski definition) is 2. The fourth-order valence-corrected chi connectivity index (χ4v) is 3.03. The lowest BCUT2D eigenvalue weighted by Gasteiger charge is -2.30. The van der Waals surface area contributed by atoms with Gasteiger partial charge >= 0.3 is 0 Å². The van der Waals surface area contributed by atoms with Gasteiger partial charge in [0.2, 0.25) is 0 Å². The third-order valence-electron chi connectivity index (χ3n) is 4.33. The Balaban J connectivity index is 1.55. The zero-order valence-electron chi connectivity index (χ0n) is 13.6. The smallest absolute Gasteiger partial charge is 0.260 e. The van der Waals surface area contributed by atoms with Crippen molar-refractivity contribution in [1.29, 1.82) is 0 Å². The third-order valence-corrected chi connectivity index (χ3v) is 4.33. The van der Waals surface area contributed by atoms with Crippen molar-refractivity contribution in [2.75, 3.05) is 19.7 Å². The molecule has 2 aromatic rings. The summed E-state index contributed by atoms with van der Waals surface area (Å²) in [5.74, 6) is 1.42. The van der Waals surface area contributed by atoms with Crippen LogP contribution in [0.5, 0.6) is 5.75 Å². The van der Waals surface area contributed by atoms with Crippen molar-refractivity contribution in [3.05, 3.63) is 54.6 Å². The highest BCUT2D eigenvalue weighted by atomic mass is 16.5. The molecule has 3 nitrogen and oxygen atoms in total. The highest BCUT2D eigenvalue weighted by molar-refractivity contribution is 5.78. The predicted octanol–water partition coefficient (Wildman–Crippen LogP) is 3.99. The van der Waals surface area contributed by atoms with Gasteiger partial charge in [-0.25, -0.2) is 0 Å². The fourth-order valence-electron chi connectivity index (χ4n) is 3.03. The maximum absolute atomic E-state index is 12.2. The van der Waals surface area contributed by atoms with E-state index in [1.54, 1.807) is 0 Å². The Hall–Kier alpha value is -2.29. The average Bonchev–Trinajstić information content (AvgIpc) is 2.61. The summed E-state index contributed by atoms with van der Waals surface area (Å²) in [4.78, 5) is 14.1. The van der Waals surface area contributed by atoms with Crippen molar-refractivity contribution >= 4 is 5.91 Å².